The quantitative estimate of drug-likeness (QED) is 0.877. The molecule has 0 aliphatic rings. The molecule has 1 N–H and O–H groups in total. The lowest BCUT2D eigenvalue weighted by atomic mass is 10.2. The number of rotatable bonds is 6. The minimum atomic E-state index is 0.476. The Bertz CT molecular complexity index is 542. The topological polar surface area (TPSA) is 55.6 Å². The second-order valence-corrected chi connectivity index (χ2v) is 5.12. The van der Waals surface area contributed by atoms with Gasteiger partial charge in [0.2, 0.25) is 0 Å². The highest BCUT2D eigenvalue weighted by Gasteiger charge is 2.09. The van der Waals surface area contributed by atoms with E-state index in [2.05, 4.69) is 54.1 Å². The van der Waals surface area contributed by atoms with Crippen molar-refractivity contribution in [3.05, 3.63) is 35.5 Å². The van der Waals surface area contributed by atoms with Crippen LogP contribution in [0.4, 0.5) is 0 Å². The van der Waals surface area contributed by atoms with Crippen LogP contribution in [-0.4, -0.2) is 25.8 Å². The van der Waals surface area contributed by atoms with Crippen LogP contribution in [0.2, 0.25) is 0 Å². The van der Waals surface area contributed by atoms with Gasteiger partial charge in [0, 0.05) is 31.6 Å². The zero-order chi connectivity index (χ0) is 14.5. The highest BCUT2D eigenvalue weighted by molar-refractivity contribution is 5.26. The normalized spacial score (nSPS) is 11.2. The van der Waals surface area contributed by atoms with Gasteiger partial charge < -0.3 is 5.32 Å². The first-order chi connectivity index (χ1) is 9.63. The lowest BCUT2D eigenvalue weighted by Gasteiger charge is -2.08. The van der Waals surface area contributed by atoms with Crippen molar-refractivity contribution in [2.75, 3.05) is 0 Å². The summed E-state index contributed by atoms with van der Waals surface area (Å²) in [5, 5.41) is 7.88. The van der Waals surface area contributed by atoms with Gasteiger partial charge in [-0.3, -0.25) is 0 Å². The largest absolute Gasteiger partial charge is 0.310 e. The molecular weight excluding hydrogens is 250 g/mol. The minimum absolute atomic E-state index is 0.476. The number of hydrogen-bond donors (Lipinski definition) is 1. The maximum atomic E-state index is 4.51. The first-order valence-electron chi connectivity index (χ1n) is 7.27. The summed E-state index contributed by atoms with van der Waals surface area (Å²) < 4.78 is 1.85. The van der Waals surface area contributed by atoms with E-state index in [4.69, 9.17) is 0 Å². The second kappa shape index (κ2) is 6.61. The van der Waals surface area contributed by atoms with Crippen LogP contribution < -0.4 is 5.32 Å². The summed E-state index contributed by atoms with van der Waals surface area (Å²) in [6, 6.07) is 4.57. The Morgan fingerprint density at radius 2 is 2.00 bits per heavy atom. The average molecular weight is 273 g/mol. The minimum Gasteiger partial charge on any atom is -0.310 e. The fourth-order valence-corrected chi connectivity index (χ4v) is 1.92. The Labute approximate surface area is 120 Å². The van der Waals surface area contributed by atoms with Crippen LogP contribution in [0.5, 0.6) is 0 Å². The standard InChI is InChI=1S/C15H23N5/c1-5-13-18-14(6-2)20(19-13)15-8-7-12(10-17-15)9-16-11(3)4/h7-8,10-11,16H,5-6,9H2,1-4H3. The highest BCUT2D eigenvalue weighted by Crippen LogP contribution is 2.10. The van der Waals surface area contributed by atoms with Gasteiger partial charge in [0.15, 0.2) is 11.6 Å². The molecule has 2 aromatic heterocycles. The van der Waals surface area contributed by atoms with Crippen LogP contribution in [0.25, 0.3) is 5.82 Å². The SMILES string of the molecule is CCc1nc(CC)n(-c2ccc(CNC(C)C)cn2)n1. The van der Waals surface area contributed by atoms with E-state index < -0.39 is 0 Å². The van der Waals surface area contributed by atoms with Crippen molar-refractivity contribution in [2.24, 2.45) is 0 Å². The van der Waals surface area contributed by atoms with Crippen LogP contribution in [-0.2, 0) is 19.4 Å². The molecule has 0 unspecified atom stereocenters. The van der Waals surface area contributed by atoms with Crippen molar-refractivity contribution in [3.63, 3.8) is 0 Å². The molecule has 2 heterocycles. The van der Waals surface area contributed by atoms with Gasteiger partial charge in [-0.15, -0.1) is 5.10 Å². The van der Waals surface area contributed by atoms with Gasteiger partial charge in [-0.05, 0) is 11.6 Å². The van der Waals surface area contributed by atoms with Gasteiger partial charge in [-0.2, -0.15) is 4.68 Å². The maximum absolute atomic E-state index is 4.51. The van der Waals surface area contributed by atoms with Crippen molar-refractivity contribution in [1.29, 1.82) is 0 Å². The molecule has 2 aromatic rings. The molecule has 0 bridgehead atoms. The van der Waals surface area contributed by atoms with Gasteiger partial charge in [0.25, 0.3) is 0 Å². The molecule has 0 aromatic carbocycles. The third-order valence-corrected chi connectivity index (χ3v) is 3.09. The molecule has 0 atom stereocenters. The molecule has 0 radical (unpaired) electrons. The van der Waals surface area contributed by atoms with E-state index in [0.717, 1.165) is 36.9 Å². The average Bonchev–Trinajstić information content (AvgIpc) is 2.89. The molecule has 5 heteroatoms. The molecule has 0 fully saturated rings. The Hall–Kier alpha value is -1.75. The molecule has 0 spiro atoms. The number of nitrogens with zero attached hydrogens (tertiary/aromatic N) is 4. The van der Waals surface area contributed by atoms with Crippen molar-refractivity contribution in [3.8, 4) is 5.82 Å². The van der Waals surface area contributed by atoms with Crippen molar-refractivity contribution in [2.45, 2.75) is 53.1 Å². The predicted octanol–water partition coefficient (Wildman–Crippen LogP) is 2.29. The first-order valence-corrected chi connectivity index (χ1v) is 7.27. The van der Waals surface area contributed by atoms with E-state index in [0.29, 0.717) is 6.04 Å². The van der Waals surface area contributed by atoms with Gasteiger partial charge in [-0.1, -0.05) is 33.8 Å². The lowest BCUT2D eigenvalue weighted by molar-refractivity contribution is 0.587. The van der Waals surface area contributed by atoms with E-state index in [1.165, 1.54) is 5.56 Å². The van der Waals surface area contributed by atoms with Crippen LogP contribution in [0, 0.1) is 0 Å². The lowest BCUT2D eigenvalue weighted by Crippen LogP contribution is -2.21. The van der Waals surface area contributed by atoms with Gasteiger partial charge in [-0.25, -0.2) is 9.97 Å². The van der Waals surface area contributed by atoms with Crippen molar-refractivity contribution in [1.82, 2.24) is 25.1 Å². The van der Waals surface area contributed by atoms with Crippen LogP contribution in [0.3, 0.4) is 0 Å². The summed E-state index contributed by atoms with van der Waals surface area (Å²) in [5.41, 5.74) is 1.18. The monoisotopic (exact) mass is 273 g/mol. The molecule has 0 aliphatic heterocycles. The van der Waals surface area contributed by atoms with Gasteiger partial charge in [0.1, 0.15) is 5.82 Å². The van der Waals surface area contributed by atoms with E-state index in [9.17, 15) is 0 Å². The Kier molecular flexibility index (Phi) is 4.84. The Balaban J connectivity index is 2.19. The smallest absolute Gasteiger partial charge is 0.155 e. The summed E-state index contributed by atoms with van der Waals surface area (Å²) in [7, 11) is 0. The van der Waals surface area contributed by atoms with E-state index in [1.807, 2.05) is 16.9 Å². The summed E-state index contributed by atoms with van der Waals surface area (Å²) in [6.45, 7) is 9.26. The Morgan fingerprint density at radius 1 is 1.20 bits per heavy atom. The summed E-state index contributed by atoms with van der Waals surface area (Å²) in [5.74, 6) is 2.67. The summed E-state index contributed by atoms with van der Waals surface area (Å²) in [4.78, 5) is 9.01. The van der Waals surface area contributed by atoms with E-state index in [-0.39, 0.29) is 0 Å². The Morgan fingerprint density at radius 3 is 2.55 bits per heavy atom. The fraction of sp³-hybridized carbons (Fsp3) is 0.533. The van der Waals surface area contributed by atoms with Crippen molar-refractivity contribution >= 4 is 0 Å². The number of pyridine rings is 1. The second-order valence-electron chi connectivity index (χ2n) is 5.12. The molecular formula is C15H23N5. The third-order valence-electron chi connectivity index (χ3n) is 3.09. The molecule has 0 saturated heterocycles. The molecule has 108 valence electrons. The summed E-state index contributed by atoms with van der Waals surface area (Å²) >= 11 is 0. The molecule has 0 aliphatic carbocycles. The van der Waals surface area contributed by atoms with Gasteiger partial charge in [0.05, 0.1) is 0 Å². The molecule has 2 rings (SSSR count). The van der Waals surface area contributed by atoms with Gasteiger partial charge >= 0.3 is 0 Å². The summed E-state index contributed by atoms with van der Waals surface area (Å²) in [6.07, 6.45) is 3.60. The fourth-order valence-electron chi connectivity index (χ4n) is 1.92. The highest BCUT2D eigenvalue weighted by atomic mass is 15.4. The third kappa shape index (κ3) is 3.42. The van der Waals surface area contributed by atoms with E-state index in [1.54, 1.807) is 0 Å². The molecule has 5 nitrogen and oxygen atoms in total. The number of hydrogen-bond acceptors (Lipinski definition) is 4. The molecule has 20 heavy (non-hydrogen) atoms. The number of aromatic nitrogens is 4. The zero-order valence-corrected chi connectivity index (χ0v) is 12.7. The molecule has 0 saturated carbocycles. The van der Waals surface area contributed by atoms with Crippen molar-refractivity contribution < 1.29 is 0 Å². The zero-order valence-electron chi connectivity index (χ0n) is 12.7. The van der Waals surface area contributed by atoms with Crippen LogP contribution >= 0.6 is 0 Å². The van der Waals surface area contributed by atoms with Crippen LogP contribution in [0.1, 0.15) is 44.9 Å². The predicted molar refractivity (Wildman–Crippen MR) is 79.9 cm³/mol. The molecule has 0 amide bonds. The number of nitrogens with one attached hydrogen (secondary N) is 1. The first kappa shape index (κ1) is 14.7. The van der Waals surface area contributed by atoms with Crippen LogP contribution in [0.15, 0.2) is 18.3 Å². The maximum Gasteiger partial charge on any atom is 0.155 e. The van der Waals surface area contributed by atoms with E-state index >= 15 is 0 Å². The number of aryl methyl sites for hydroxylation is 2.